The van der Waals surface area contributed by atoms with Crippen LogP contribution in [0.3, 0.4) is 0 Å². The molecule has 3 N–H and O–H groups in total. The summed E-state index contributed by atoms with van der Waals surface area (Å²) < 4.78 is 1.09. The van der Waals surface area contributed by atoms with Gasteiger partial charge in [-0.05, 0) is 18.4 Å². The third-order valence-electron chi connectivity index (χ3n) is 2.83. The van der Waals surface area contributed by atoms with E-state index in [1.807, 2.05) is 0 Å². The number of aliphatic hydroxyl groups excluding tert-OH is 1. The number of aliphatic carboxylic acids is 1. The molecular formula is C12H13N3O5S. The molecule has 0 spiro atoms. The molecule has 112 valence electrons. The second kappa shape index (κ2) is 6.02. The number of nitrogens with zero attached hydrogens (tertiary/aromatic N) is 2. The average Bonchev–Trinajstić information content (AvgIpc) is 2.87. The molecule has 0 aliphatic rings. The smallest absolute Gasteiger partial charge is 0.328 e. The summed E-state index contributed by atoms with van der Waals surface area (Å²) >= 11 is 1.31. The highest BCUT2D eigenvalue weighted by atomic mass is 32.1. The van der Waals surface area contributed by atoms with Gasteiger partial charge in [-0.1, -0.05) is 0 Å². The summed E-state index contributed by atoms with van der Waals surface area (Å²) in [6.45, 7) is 0.887. The van der Waals surface area contributed by atoms with Gasteiger partial charge in [0, 0.05) is 0 Å². The number of aromatic nitrogens is 2. The largest absolute Gasteiger partial charge is 0.480 e. The normalized spacial score (nSPS) is 13.8. The fraction of sp³-hybridized carbons (Fsp3) is 0.333. The Morgan fingerprint density at radius 2 is 2.24 bits per heavy atom. The van der Waals surface area contributed by atoms with Gasteiger partial charge in [-0.3, -0.25) is 14.2 Å². The number of aliphatic hydroxyl groups is 1. The summed E-state index contributed by atoms with van der Waals surface area (Å²) in [5.74, 6) is -2.04. The Hall–Kier alpha value is -2.26. The van der Waals surface area contributed by atoms with Crippen molar-refractivity contribution in [1.82, 2.24) is 14.9 Å². The van der Waals surface area contributed by atoms with E-state index in [9.17, 15) is 19.5 Å². The third kappa shape index (κ3) is 3.26. The van der Waals surface area contributed by atoms with Crippen LogP contribution in [0.25, 0.3) is 10.2 Å². The van der Waals surface area contributed by atoms with Crippen molar-refractivity contribution >= 4 is 33.4 Å². The monoisotopic (exact) mass is 311 g/mol. The number of hydrogen-bond acceptors (Lipinski definition) is 6. The van der Waals surface area contributed by atoms with E-state index in [1.165, 1.54) is 24.6 Å². The minimum absolute atomic E-state index is 0.367. The lowest BCUT2D eigenvalue weighted by Crippen LogP contribution is -2.49. The third-order valence-corrected chi connectivity index (χ3v) is 3.65. The van der Waals surface area contributed by atoms with Crippen LogP contribution in [0.1, 0.15) is 6.92 Å². The number of fused-ring (bicyclic) bond motifs is 1. The number of hydrogen-bond donors (Lipinski definition) is 3. The van der Waals surface area contributed by atoms with Crippen molar-refractivity contribution < 1.29 is 19.8 Å². The summed E-state index contributed by atoms with van der Waals surface area (Å²) in [6, 6.07) is 0.186. The van der Waals surface area contributed by atoms with Gasteiger partial charge in [0.05, 0.1) is 17.8 Å². The van der Waals surface area contributed by atoms with Gasteiger partial charge in [0.2, 0.25) is 5.91 Å². The highest BCUT2D eigenvalue weighted by molar-refractivity contribution is 7.16. The molecule has 0 bridgehead atoms. The molecule has 0 unspecified atom stereocenters. The maximum atomic E-state index is 12.1. The molecule has 0 saturated heterocycles. The fourth-order valence-electron chi connectivity index (χ4n) is 1.77. The van der Waals surface area contributed by atoms with Crippen LogP contribution >= 0.6 is 11.3 Å². The quantitative estimate of drug-likeness (QED) is 0.678. The number of thiophene rings is 1. The van der Waals surface area contributed by atoms with Crippen molar-refractivity contribution in [3.05, 3.63) is 28.1 Å². The Labute approximate surface area is 122 Å². The van der Waals surface area contributed by atoms with Crippen LogP contribution in [0, 0.1) is 0 Å². The molecule has 0 saturated carbocycles. The Morgan fingerprint density at radius 3 is 2.86 bits per heavy atom. The SMILES string of the molecule is C[C@@H](O)[C@H](NC(=O)Cn1cnc2sccc2c1=O)C(=O)O. The van der Waals surface area contributed by atoms with E-state index in [-0.39, 0.29) is 12.1 Å². The highest BCUT2D eigenvalue weighted by Gasteiger charge is 2.25. The van der Waals surface area contributed by atoms with Crippen molar-refractivity contribution in [3.8, 4) is 0 Å². The van der Waals surface area contributed by atoms with Gasteiger partial charge in [0.1, 0.15) is 11.4 Å². The van der Waals surface area contributed by atoms with Crippen molar-refractivity contribution in [1.29, 1.82) is 0 Å². The lowest BCUT2D eigenvalue weighted by Gasteiger charge is -2.17. The number of carbonyl (C=O) groups is 2. The number of carboxylic acids is 1. The molecule has 1 amide bonds. The van der Waals surface area contributed by atoms with Gasteiger partial charge < -0.3 is 15.5 Å². The number of carboxylic acid groups (broad SMARTS) is 1. The van der Waals surface area contributed by atoms with Crippen molar-refractivity contribution in [3.63, 3.8) is 0 Å². The molecule has 0 aliphatic carbocycles. The van der Waals surface area contributed by atoms with Gasteiger partial charge in [0.25, 0.3) is 5.56 Å². The molecular weight excluding hydrogens is 298 g/mol. The summed E-state index contributed by atoms with van der Waals surface area (Å²) in [6.07, 6.45) is -0.0144. The maximum Gasteiger partial charge on any atom is 0.328 e. The number of rotatable bonds is 5. The van der Waals surface area contributed by atoms with E-state index < -0.39 is 24.0 Å². The van der Waals surface area contributed by atoms with Crippen LogP contribution in [-0.4, -0.2) is 43.8 Å². The van der Waals surface area contributed by atoms with Gasteiger partial charge in [-0.15, -0.1) is 11.3 Å². The van der Waals surface area contributed by atoms with E-state index in [0.717, 1.165) is 4.57 Å². The molecule has 9 heteroatoms. The predicted octanol–water partition coefficient (Wildman–Crippen LogP) is -0.592. The zero-order valence-corrected chi connectivity index (χ0v) is 11.8. The molecule has 2 rings (SSSR count). The van der Waals surface area contributed by atoms with Gasteiger partial charge >= 0.3 is 5.97 Å². The summed E-state index contributed by atoms with van der Waals surface area (Å²) in [4.78, 5) is 39.3. The van der Waals surface area contributed by atoms with E-state index in [0.29, 0.717) is 10.2 Å². The molecule has 0 fully saturated rings. The van der Waals surface area contributed by atoms with Gasteiger partial charge in [-0.25, -0.2) is 9.78 Å². The molecule has 0 aliphatic heterocycles. The van der Waals surface area contributed by atoms with Crippen molar-refractivity contribution in [2.75, 3.05) is 0 Å². The molecule has 2 aromatic rings. The molecule has 2 aromatic heterocycles. The van der Waals surface area contributed by atoms with Crippen LogP contribution in [0.15, 0.2) is 22.6 Å². The zero-order chi connectivity index (χ0) is 15.6. The molecule has 0 radical (unpaired) electrons. The standard InChI is InChI=1S/C12H13N3O5S/c1-6(16)9(12(19)20)14-8(17)4-15-5-13-10-7(11(15)18)2-3-21-10/h2-3,5-6,9,16H,4H2,1H3,(H,14,17)(H,19,20)/t6-,9+/m1/s1. The summed E-state index contributed by atoms with van der Waals surface area (Å²) in [5, 5.41) is 22.4. The molecule has 8 nitrogen and oxygen atoms in total. The number of amides is 1. The van der Waals surface area contributed by atoms with E-state index in [4.69, 9.17) is 5.11 Å². The molecule has 0 aromatic carbocycles. The Morgan fingerprint density at radius 1 is 1.52 bits per heavy atom. The lowest BCUT2D eigenvalue weighted by molar-refractivity contribution is -0.144. The first-order chi connectivity index (χ1) is 9.90. The number of carbonyl (C=O) groups excluding carboxylic acids is 1. The van der Waals surface area contributed by atoms with E-state index in [2.05, 4.69) is 10.3 Å². The lowest BCUT2D eigenvalue weighted by atomic mass is 10.2. The Balaban J connectivity index is 2.16. The van der Waals surface area contributed by atoms with Crippen molar-refractivity contribution in [2.24, 2.45) is 0 Å². The van der Waals surface area contributed by atoms with Crippen LogP contribution in [0.4, 0.5) is 0 Å². The minimum Gasteiger partial charge on any atom is -0.480 e. The van der Waals surface area contributed by atoms with Gasteiger partial charge in [-0.2, -0.15) is 0 Å². The topological polar surface area (TPSA) is 122 Å². The summed E-state index contributed by atoms with van der Waals surface area (Å²) in [7, 11) is 0. The van der Waals surface area contributed by atoms with E-state index in [1.54, 1.807) is 11.4 Å². The minimum atomic E-state index is -1.42. The van der Waals surface area contributed by atoms with Crippen LogP contribution in [0.5, 0.6) is 0 Å². The first-order valence-corrected chi connectivity index (χ1v) is 6.91. The molecule has 21 heavy (non-hydrogen) atoms. The zero-order valence-electron chi connectivity index (χ0n) is 11.0. The molecule has 2 atom stereocenters. The Bertz CT molecular complexity index is 736. The van der Waals surface area contributed by atoms with E-state index >= 15 is 0 Å². The highest BCUT2D eigenvalue weighted by Crippen LogP contribution is 2.13. The molecule has 2 heterocycles. The first-order valence-electron chi connectivity index (χ1n) is 6.03. The van der Waals surface area contributed by atoms with Crippen LogP contribution in [-0.2, 0) is 16.1 Å². The number of nitrogens with one attached hydrogen (secondary N) is 1. The second-order valence-corrected chi connectivity index (χ2v) is 5.34. The summed E-state index contributed by atoms with van der Waals surface area (Å²) in [5.41, 5.74) is -0.375. The first kappa shape index (κ1) is 15.1. The Kier molecular flexibility index (Phi) is 4.34. The average molecular weight is 311 g/mol. The van der Waals surface area contributed by atoms with Crippen LogP contribution in [0.2, 0.25) is 0 Å². The predicted molar refractivity (Wildman–Crippen MR) is 75.1 cm³/mol. The fourth-order valence-corrected chi connectivity index (χ4v) is 2.49. The second-order valence-electron chi connectivity index (χ2n) is 4.44. The maximum absolute atomic E-state index is 12.1. The van der Waals surface area contributed by atoms with Crippen molar-refractivity contribution in [2.45, 2.75) is 25.6 Å². The van der Waals surface area contributed by atoms with Crippen LogP contribution < -0.4 is 10.9 Å². The van der Waals surface area contributed by atoms with Gasteiger partial charge in [0.15, 0.2) is 6.04 Å².